The van der Waals surface area contributed by atoms with Crippen LogP contribution in [0.1, 0.15) is 52.4 Å². The van der Waals surface area contributed by atoms with E-state index in [-0.39, 0.29) is 23.8 Å². The van der Waals surface area contributed by atoms with Crippen molar-refractivity contribution in [2.24, 2.45) is 23.7 Å². The molecule has 108 valence electrons. The fourth-order valence-corrected chi connectivity index (χ4v) is 3.53. The average molecular weight is 267 g/mol. The molecule has 2 aliphatic rings. The Balaban J connectivity index is 1.86. The highest BCUT2D eigenvalue weighted by Crippen LogP contribution is 2.33. The first-order valence-electron chi connectivity index (χ1n) is 7.52. The summed E-state index contributed by atoms with van der Waals surface area (Å²) in [7, 11) is 0. The lowest BCUT2D eigenvalue weighted by Gasteiger charge is -2.35. The first-order chi connectivity index (χ1) is 8.99. The predicted octanol–water partition coefficient (Wildman–Crippen LogP) is 2.43. The molecule has 3 unspecified atom stereocenters. The Bertz CT molecular complexity index is 355. The highest BCUT2D eigenvalue weighted by atomic mass is 16.4. The Morgan fingerprint density at radius 3 is 2.37 bits per heavy atom. The van der Waals surface area contributed by atoms with Crippen molar-refractivity contribution >= 4 is 11.9 Å². The van der Waals surface area contributed by atoms with Gasteiger partial charge in [-0.25, -0.2) is 0 Å². The van der Waals surface area contributed by atoms with Crippen molar-refractivity contribution < 1.29 is 14.7 Å². The minimum atomic E-state index is -0.755. The van der Waals surface area contributed by atoms with Crippen LogP contribution in [0.25, 0.3) is 0 Å². The molecule has 0 aliphatic heterocycles. The molecule has 4 heteroatoms. The molecule has 2 N–H and O–H groups in total. The topological polar surface area (TPSA) is 66.4 Å². The number of carbonyl (C=O) groups excluding carboxylic acids is 1. The Hall–Kier alpha value is -1.06. The first-order valence-corrected chi connectivity index (χ1v) is 7.52. The smallest absolute Gasteiger partial charge is 0.306 e. The number of amides is 1. The van der Waals surface area contributed by atoms with E-state index in [9.17, 15) is 9.59 Å². The van der Waals surface area contributed by atoms with E-state index in [4.69, 9.17) is 5.11 Å². The van der Waals surface area contributed by atoms with Crippen molar-refractivity contribution in [3.63, 3.8) is 0 Å². The lowest BCUT2D eigenvalue weighted by atomic mass is 9.78. The highest BCUT2D eigenvalue weighted by molar-refractivity contribution is 5.81. The molecule has 1 amide bonds. The molecule has 2 fully saturated rings. The number of rotatable bonds is 3. The van der Waals surface area contributed by atoms with Crippen LogP contribution in [0.2, 0.25) is 0 Å². The molecule has 5 atom stereocenters. The van der Waals surface area contributed by atoms with E-state index in [0.29, 0.717) is 24.7 Å². The second-order valence-corrected chi connectivity index (χ2v) is 6.43. The van der Waals surface area contributed by atoms with Gasteiger partial charge in [0.25, 0.3) is 0 Å². The van der Waals surface area contributed by atoms with Crippen LogP contribution in [0.3, 0.4) is 0 Å². The highest BCUT2D eigenvalue weighted by Gasteiger charge is 2.36. The second kappa shape index (κ2) is 5.93. The zero-order valence-electron chi connectivity index (χ0n) is 11.9. The van der Waals surface area contributed by atoms with Gasteiger partial charge in [-0.05, 0) is 37.5 Å². The van der Waals surface area contributed by atoms with Crippen LogP contribution < -0.4 is 5.32 Å². The number of carboxylic acid groups (broad SMARTS) is 1. The molecule has 0 aromatic heterocycles. The maximum Gasteiger partial charge on any atom is 0.306 e. The van der Waals surface area contributed by atoms with Crippen molar-refractivity contribution in [3.05, 3.63) is 0 Å². The van der Waals surface area contributed by atoms with Crippen molar-refractivity contribution in [3.8, 4) is 0 Å². The van der Waals surface area contributed by atoms with Crippen LogP contribution in [0.15, 0.2) is 0 Å². The summed E-state index contributed by atoms with van der Waals surface area (Å²) in [6.45, 7) is 4.46. The number of carboxylic acids is 1. The van der Waals surface area contributed by atoms with Crippen LogP contribution in [-0.4, -0.2) is 23.0 Å². The van der Waals surface area contributed by atoms with Crippen molar-refractivity contribution in [2.45, 2.75) is 58.4 Å². The van der Waals surface area contributed by atoms with Crippen molar-refractivity contribution in [1.29, 1.82) is 0 Å². The van der Waals surface area contributed by atoms with Gasteiger partial charge in [-0.1, -0.05) is 26.7 Å². The third-order valence-electron chi connectivity index (χ3n) is 5.19. The fourth-order valence-electron chi connectivity index (χ4n) is 3.53. The molecule has 4 nitrogen and oxygen atoms in total. The maximum absolute atomic E-state index is 12.2. The lowest BCUT2D eigenvalue weighted by molar-refractivity contribution is -0.141. The summed E-state index contributed by atoms with van der Waals surface area (Å²) < 4.78 is 0. The monoisotopic (exact) mass is 267 g/mol. The summed E-state index contributed by atoms with van der Waals surface area (Å²) in [4.78, 5) is 23.2. The molecule has 2 saturated carbocycles. The average Bonchev–Trinajstić information content (AvgIpc) is 2.84. The van der Waals surface area contributed by atoms with Gasteiger partial charge in [0.05, 0.1) is 5.92 Å². The zero-order valence-corrected chi connectivity index (χ0v) is 11.9. The number of nitrogens with one attached hydrogen (secondary N) is 1. The molecule has 0 bridgehead atoms. The van der Waals surface area contributed by atoms with Gasteiger partial charge in [-0.15, -0.1) is 0 Å². The number of hydrogen-bond acceptors (Lipinski definition) is 2. The molecule has 0 heterocycles. The van der Waals surface area contributed by atoms with Gasteiger partial charge in [0.2, 0.25) is 5.91 Å². The molecular formula is C15H25NO3. The van der Waals surface area contributed by atoms with Gasteiger partial charge in [0.1, 0.15) is 0 Å². The Labute approximate surface area is 115 Å². The van der Waals surface area contributed by atoms with E-state index in [1.807, 2.05) is 0 Å². The van der Waals surface area contributed by atoms with Gasteiger partial charge < -0.3 is 10.4 Å². The summed E-state index contributed by atoms with van der Waals surface area (Å²) in [6.07, 6.45) is 5.37. The van der Waals surface area contributed by atoms with Crippen LogP contribution in [-0.2, 0) is 9.59 Å². The Morgan fingerprint density at radius 1 is 1.05 bits per heavy atom. The molecule has 2 aliphatic carbocycles. The Morgan fingerprint density at radius 2 is 1.74 bits per heavy atom. The van der Waals surface area contributed by atoms with E-state index in [1.54, 1.807) is 0 Å². The second-order valence-electron chi connectivity index (χ2n) is 6.43. The third kappa shape index (κ3) is 3.28. The van der Waals surface area contributed by atoms with Crippen LogP contribution in [0, 0.1) is 23.7 Å². The van der Waals surface area contributed by atoms with E-state index >= 15 is 0 Å². The van der Waals surface area contributed by atoms with Gasteiger partial charge in [0.15, 0.2) is 0 Å². The van der Waals surface area contributed by atoms with Gasteiger partial charge in [0, 0.05) is 12.0 Å². The molecule has 0 aromatic rings. The summed E-state index contributed by atoms with van der Waals surface area (Å²) >= 11 is 0. The van der Waals surface area contributed by atoms with Crippen LogP contribution in [0.5, 0.6) is 0 Å². The standard InChI is InChI=1S/C15H25NO3/c1-9-4-3-5-13(10(9)2)16-14(17)11-6-7-12(8-11)15(18)19/h9-13H,3-8H2,1-2H3,(H,16,17)(H,18,19)/t9?,10?,11-,12+,13?/m1/s1. The minimum Gasteiger partial charge on any atom is -0.481 e. The molecule has 0 saturated heterocycles. The van der Waals surface area contributed by atoms with Crippen molar-refractivity contribution in [1.82, 2.24) is 5.32 Å². The number of carbonyl (C=O) groups is 2. The summed E-state index contributed by atoms with van der Waals surface area (Å²) in [6, 6.07) is 0.278. The zero-order chi connectivity index (χ0) is 14.0. The molecule has 0 spiro atoms. The van der Waals surface area contributed by atoms with Gasteiger partial charge in [-0.2, -0.15) is 0 Å². The van der Waals surface area contributed by atoms with Gasteiger partial charge in [-0.3, -0.25) is 9.59 Å². The molecule has 2 rings (SSSR count). The van der Waals surface area contributed by atoms with Crippen molar-refractivity contribution in [2.75, 3.05) is 0 Å². The molecule has 0 radical (unpaired) electrons. The molecule has 19 heavy (non-hydrogen) atoms. The maximum atomic E-state index is 12.2. The number of hydrogen-bond donors (Lipinski definition) is 2. The van der Waals surface area contributed by atoms with E-state index in [0.717, 1.165) is 12.8 Å². The predicted molar refractivity (Wildman–Crippen MR) is 72.6 cm³/mol. The van der Waals surface area contributed by atoms with Crippen LogP contribution >= 0.6 is 0 Å². The van der Waals surface area contributed by atoms with Gasteiger partial charge >= 0.3 is 5.97 Å². The Kier molecular flexibility index (Phi) is 4.48. The number of aliphatic carboxylic acids is 1. The first kappa shape index (κ1) is 14.4. The summed E-state index contributed by atoms with van der Waals surface area (Å²) in [5.74, 6) is 0.0948. The third-order valence-corrected chi connectivity index (χ3v) is 5.19. The molecular weight excluding hydrogens is 242 g/mol. The quantitative estimate of drug-likeness (QED) is 0.825. The van der Waals surface area contributed by atoms with E-state index in [2.05, 4.69) is 19.2 Å². The SMILES string of the molecule is CC1CCCC(NC(=O)[C@@H]2CC[C@H](C(=O)O)C2)C1C. The molecule has 0 aromatic carbocycles. The summed E-state index contributed by atoms with van der Waals surface area (Å²) in [5, 5.41) is 12.1. The largest absolute Gasteiger partial charge is 0.481 e. The van der Waals surface area contributed by atoms with E-state index in [1.165, 1.54) is 12.8 Å². The van der Waals surface area contributed by atoms with Crippen LogP contribution in [0.4, 0.5) is 0 Å². The normalized spacial score (nSPS) is 38.9. The fraction of sp³-hybridized carbons (Fsp3) is 0.867. The summed E-state index contributed by atoms with van der Waals surface area (Å²) in [5.41, 5.74) is 0. The lowest BCUT2D eigenvalue weighted by Crippen LogP contribution is -2.45. The van der Waals surface area contributed by atoms with E-state index < -0.39 is 5.97 Å². The minimum absolute atomic E-state index is 0.0784.